The van der Waals surface area contributed by atoms with E-state index in [1.165, 1.54) is 42.6 Å². The van der Waals surface area contributed by atoms with Crippen LogP contribution in [0.1, 0.15) is 37.5 Å². The molecular formula is C22H20FN3O2. The van der Waals surface area contributed by atoms with Crippen LogP contribution in [0.5, 0.6) is 0 Å². The molecule has 0 atom stereocenters. The minimum absolute atomic E-state index is 0.131. The molecule has 2 aromatic carbocycles. The molecule has 0 aliphatic carbocycles. The van der Waals surface area contributed by atoms with Crippen molar-refractivity contribution >= 4 is 23.2 Å². The second-order valence-electron chi connectivity index (χ2n) is 6.62. The number of anilines is 2. The lowest BCUT2D eigenvalue weighted by Crippen LogP contribution is -2.18. The van der Waals surface area contributed by atoms with Crippen LogP contribution in [0.4, 0.5) is 15.8 Å². The number of hydrogen-bond donors (Lipinski definition) is 2. The molecule has 0 unspecified atom stereocenters. The van der Waals surface area contributed by atoms with Gasteiger partial charge in [0.1, 0.15) is 11.5 Å². The van der Waals surface area contributed by atoms with E-state index >= 15 is 0 Å². The van der Waals surface area contributed by atoms with Gasteiger partial charge in [-0.1, -0.05) is 17.7 Å². The topological polar surface area (TPSA) is 71.1 Å². The molecule has 0 spiro atoms. The molecule has 1 aromatic heterocycles. The summed E-state index contributed by atoms with van der Waals surface area (Å²) in [7, 11) is 0. The monoisotopic (exact) mass is 377 g/mol. The van der Waals surface area contributed by atoms with Crippen molar-refractivity contribution in [1.29, 1.82) is 0 Å². The van der Waals surface area contributed by atoms with Crippen molar-refractivity contribution in [3.63, 3.8) is 0 Å². The summed E-state index contributed by atoms with van der Waals surface area (Å²) in [6.45, 7) is 5.85. The van der Waals surface area contributed by atoms with Gasteiger partial charge in [0.2, 0.25) is 0 Å². The molecule has 0 fully saturated rings. The van der Waals surface area contributed by atoms with E-state index in [0.717, 1.165) is 22.4 Å². The van der Waals surface area contributed by atoms with E-state index in [4.69, 9.17) is 0 Å². The predicted molar refractivity (Wildman–Crippen MR) is 107 cm³/mol. The summed E-state index contributed by atoms with van der Waals surface area (Å²) >= 11 is 0. The van der Waals surface area contributed by atoms with Crippen LogP contribution in [0.15, 0.2) is 54.7 Å². The Morgan fingerprint density at radius 2 is 1.50 bits per heavy atom. The highest BCUT2D eigenvalue weighted by molar-refractivity contribution is 6.08. The first-order valence-electron chi connectivity index (χ1n) is 8.75. The van der Waals surface area contributed by atoms with E-state index < -0.39 is 11.8 Å². The molecule has 0 aliphatic rings. The third kappa shape index (κ3) is 4.40. The number of amides is 2. The summed E-state index contributed by atoms with van der Waals surface area (Å²) in [6, 6.07) is 12.4. The maximum Gasteiger partial charge on any atom is 0.274 e. The highest BCUT2D eigenvalue weighted by Crippen LogP contribution is 2.22. The van der Waals surface area contributed by atoms with Gasteiger partial charge in [0, 0.05) is 23.1 Å². The van der Waals surface area contributed by atoms with Crippen LogP contribution in [0.2, 0.25) is 0 Å². The van der Waals surface area contributed by atoms with Crippen LogP contribution in [-0.4, -0.2) is 16.8 Å². The highest BCUT2D eigenvalue weighted by atomic mass is 19.1. The number of halogens is 1. The average molecular weight is 377 g/mol. The van der Waals surface area contributed by atoms with Crippen molar-refractivity contribution in [2.45, 2.75) is 20.8 Å². The van der Waals surface area contributed by atoms with E-state index in [1.807, 2.05) is 32.9 Å². The molecule has 142 valence electrons. The molecule has 0 radical (unpaired) electrons. The van der Waals surface area contributed by atoms with Crippen molar-refractivity contribution in [3.05, 3.63) is 88.5 Å². The third-order valence-corrected chi connectivity index (χ3v) is 4.27. The standard InChI is InChI=1S/C22H20FN3O2/c1-13-10-14(2)20(15(3)11-13)26-22(28)19-12-16(8-9-24-19)21(27)25-18-6-4-17(23)5-7-18/h4-12H,1-3H3,(H,25,27)(H,26,28). The van der Waals surface area contributed by atoms with E-state index in [2.05, 4.69) is 15.6 Å². The zero-order chi connectivity index (χ0) is 20.3. The quantitative estimate of drug-likeness (QED) is 0.695. The van der Waals surface area contributed by atoms with Gasteiger partial charge in [-0.3, -0.25) is 14.6 Å². The largest absolute Gasteiger partial charge is 0.322 e. The first-order valence-corrected chi connectivity index (χ1v) is 8.75. The van der Waals surface area contributed by atoms with Crippen LogP contribution >= 0.6 is 0 Å². The molecule has 28 heavy (non-hydrogen) atoms. The lowest BCUT2D eigenvalue weighted by Gasteiger charge is -2.13. The highest BCUT2D eigenvalue weighted by Gasteiger charge is 2.14. The Hall–Kier alpha value is -3.54. The second-order valence-corrected chi connectivity index (χ2v) is 6.62. The van der Waals surface area contributed by atoms with Crippen LogP contribution in [0.3, 0.4) is 0 Å². The molecule has 3 aromatic rings. The first-order chi connectivity index (χ1) is 13.3. The number of carbonyl (C=O) groups is 2. The van der Waals surface area contributed by atoms with Gasteiger partial charge in [-0.05, 0) is 68.3 Å². The number of carbonyl (C=O) groups excluding carboxylic acids is 2. The lowest BCUT2D eigenvalue weighted by molar-refractivity contribution is 0.102. The number of pyridine rings is 1. The number of benzene rings is 2. The van der Waals surface area contributed by atoms with Crippen molar-refractivity contribution in [1.82, 2.24) is 4.98 Å². The van der Waals surface area contributed by atoms with Gasteiger partial charge in [-0.15, -0.1) is 0 Å². The van der Waals surface area contributed by atoms with Gasteiger partial charge < -0.3 is 10.6 Å². The Bertz CT molecular complexity index is 1020. The van der Waals surface area contributed by atoms with Crippen molar-refractivity contribution in [2.75, 3.05) is 10.6 Å². The SMILES string of the molecule is Cc1cc(C)c(NC(=O)c2cc(C(=O)Nc3ccc(F)cc3)ccn2)c(C)c1. The molecule has 2 N–H and O–H groups in total. The predicted octanol–water partition coefficient (Wildman–Crippen LogP) is 4.65. The summed E-state index contributed by atoms with van der Waals surface area (Å²) in [4.78, 5) is 29.1. The van der Waals surface area contributed by atoms with Gasteiger partial charge in [0.25, 0.3) is 11.8 Å². The van der Waals surface area contributed by atoms with Crippen LogP contribution < -0.4 is 10.6 Å². The summed E-state index contributed by atoms with van der Waals surface area (Å²) in [5.41, 5.74) is 4.63. The van der Waals surface area contributed by atoms with Crippen LogP contribution in [-0.2, 0) is 0 Å². The van der Waals surface area contributed by atoms with E-state index in [-0.39, 0.29) is 17.1 Å². The van der Waals surface area contributed by atoms with E-state index in [1.54, 1.807) is 0 Å². The number of aromatic nitrogens is 1. The van der Waals surface area contributed by atoms with Gasteiger partial charge >= 0.3 is 0 Å². The molecule has 3 rings (SSSR count). The number of rotatable bonds is 4. The van der Waals surface area contributed by atoms with Crippen LogP contribution in [0, 0.1) is 26.6 Å². The van der Waals surface area contributed by atoms with Gasteiger partial charge in [-0.2, -0.15) is 0 Å². The molecule has 5 nitrogen and oxygen atoms in total. The fourth-order valence-electron chi connectivity index (χ4n) is 2.99. The normalized spacial score (nSPS) is 10.4. The summed E-state index contributed by atoms with van der Waals surface area (Å²) in [5, 5.41) is 5.53. The van der Waals surface area contributed by atoms with Crippen LogP contribution in [0.25, 0.3) is 0 Å². The smallest absolute Gasteiger partial charge is 0.274 e. The number of nitrogens with zero attached hydrogens (tertiary/aromatic N) is 1. The van der Waals surface area contributed by atoms with Gasteiger partial charge in [0.05, 0.1) is 0 Å². The maximum atomic E-state index is 13.0. The Labute approximate surface area is 162 Å². The third-order valence-electron chi connectivity index (χ3n) is 4.27. The van der Waals surface area contributed by atoms with E-state index in [9.17, 15) is 14.0 Å². The summed E-state index contributed by atoms with van der Waals surface area (Å²) < 4.78 is 13.0. The Kier molecular flexibility index (Phi) is 5.49. The molecule has 0 aliphatic heterocycles. The summed E-state index contributed by atoms with van der Waals surface area (Å²) in [5.74, 6) is -1.19. The molecule has 1 heterocycles. The fourth-order valence-corrected chi connectivity index (χ4v) is 2.99. The van der Waals surface area contributed by atoms with E-state index in [0.29, 0.717) is 5.69 Å². The summed E-state index contributed by atoms with van der Waals surface area (Å²) in [6.07, 6.45) is 1.41. The second kappa shape index (κ2) is 8.00. The number of aryl methyl sites for hydroxylation is 3. The first kappa shape index (κ1) is 19.2. The fraction of sp³-hybridized carbons (Fsp3) is 0.136. The number of nitrogens with one attached hydrogen (secondary N) is 2. The minimum atomic E-state index is -0.411. The lowest BCUT2D eigenvalue weighted by atomic mass is 10.0. The zero-order valence-corrected chi connectivity index (χ0v) is 15.8. The Morgan fingerprint density at radius 1 is 0.857 bits per heavy atom. The zero-order valence-electron chi connectivity index (χ0n) is 15.8. The molecule has 0 bridgehead atoms. The molecular weight excluding hydrogens is 357 g/mol. The number of hydrogen-bond acceptors (Lipinski definition) is 3. The van der Waals surface area contributed by atoms with Gasteiger partial charge in [-0.25, -0.2) is 4.39 Å². The molecule has 0 saturated heterocycles. The van der Waals surface area contributed by atoms with Crippen molar-refractivity contribution < 1.29 is 14.0 Å². The Balaban J connectivity index is 1.78. The molecule has 6 heteroatoms. The maximum absolute atomic E-state index is 13.0. The minimum Gasteiger partial charge on any atom is -0.322 e. The molecule has 2 amide bonds. The average Bonchev–Trinajstić information content (AvgIpc) is 2.66. The van der Waals surface area contributed by atoms with Gasteiger partial charge in [0.15, 0.2) is 0 Å². The Morgan fingerprint density at radius 3 is 2.14 bits per heavy atom. The van der Waals surface area contributed by atoms with Crippen molar-refractivity contribution in [2.24, 2.45) is 0 Å². The molecule has 0 saturated carbocycles. The van der Waals surface area contributed by atoms with Crippen molar-refractivity contribution in [3.8, 4) is 0 Å².